The van der Waals surface area contributed by atoms with E-state index in [9.17, 15) is 4.79 Å². The Hall–Kier alpha value is -1.43. The molecular formula is C10H14N2O4. The number of carboxylic acid groups (broad SMARTS) is 1. The van der Waals surface area contributed by atoms with Gasteiger partial charge in [-0.25, -0.2) is 0 Å². The molecule has 1 fully saturated rings. The first-order valence-corrected chi connectivity index (χ1v) is 5.32. The number of carbonyl (C=O) groups is 1. The number of hydrogen-bond donors (Lipinski definition) is 1. The number of aromatic nitrogens is 2. The van der Waals surface area contributed by atoms with Crippen molar-refractivity contribution in [2.75, 3.05) is 13.2 Å². The van der Waals surface area contributed by atoms with Gasteiger partial charge in [0.1, 0.15) is 5.92 Å². The maximum atomic E-state index is 10.7. The van der Waals surface area contributed by atoms with Gasteiger partial charge in [-0.3, -0.25) is 4.79 Å². The monoisotopic (exact) mass is 226 g/mol. The SMILES string of the molecule is CC(C(=O)O)c1nnc(C2CCOCC2)o1. The Labute approximate surface area is 92.6 Å². The lowest BCUT2D eigenvalue weighted by Gasteiger charge is -2.18. The Morgan fingerprint density at radius 3 is 2.75 bits per heavy atom. The van der Waals surface area contributed by atoms with Gasteiger partial charge in [0.15, 0.2) is 0 Å². The third kappa shape index (κ3) is 2.21. The number of carboxylic acids is 1. The predicted molar refractivity (Wildman–Crippen MR) is 53.1 cm³/mol. The number of rotatable bonds is 3. The summed E-state index contributed by atoms with van der Waals surface area (Å²) < 4.78 is 10.6. The topological polar surface area (TPSA) is 85.5 Å². The first-order chi connectivity index (χ1) is 7.68. The predicted octanol–water partition coefficient (Wildman–Crippen LogP) is 1.15. The van der Waals surface area contributed by atoms with Crippen molar-refractivity contribution in [3.8, 4) is 0 Å². The summed E-state index contributed by atoms with van der Waals surface area (Å²) in [5.74, 6) is -0.792. The Morgan fingerprint density at radius 1 is 1.44 bits per heavy atom. The molecule has 0 spiro atoms. The molecular weight excluding hydrogens is 212 g/mol. The van der Waals surface area contributed by atoms with Crippen LogP contribution in [0.25, 0.3) is 0 Å². The molecule has 1 aromatic rings. The van der Waals surface area contributed by atoms with Crippen LogP contribution in [0.4, 0.5) is 0 Å². The maximum absolute atomic E-state index is 10.7. The van der Waals surface area contributed by atoms with Crippen LogP contribution >= 0.6 is 0 Å². The third-order valence-corrected chi connectivity index (χ3v) is 2.77. The van der Waals surface area contributed by atoms with E-state index in [2.05, 4.69) is 10.2 Å². The molecule has 1 aliphatic heterocycles. The average Bonchev–Trinajstić information content (AvgIpc) is 2.78. The Kier molecular flexibility index (Phi) is 3.19. The van der Waals surface area contributed by atoms with Crippen LogP contribution in [-0.2, 0) is 9.53 Å². The van der Waals surface area contributed by atoms with Gasteiger partial charge in [0.05, 0.1) is 0 Å². The lowest BCUT2D eigenvalue weighted by atomic mass is 10.0. The van der Waals surface area contributed by atoms with Gasteiger partial charge in [-0.05, 0) is 19.8 Å². The molecule has 6 heteroatoms. The highest BCUT2D eigenvalue weighted by Gasteiger charge is 2.25. The molecule has 0 saturated carbocycles. The van der Waals surface area contributed by atoms with Crippen LogP contribution in [0.3, 0.4) is 0 Å². The highest BCUT2D eigenvalue weighted by Crippen LogP contribution is 2.27. The number of hydrogen-bond acceptors (Lipinski definition) is 5. The molecule has 2 rings (SSSR count). The molecule has 0 aromatic carbocycles. The van der Waals surface area contributed by atoms with Crippen molar-refractivity contribution in [2.45, 2.75) is 31.6 Å². The molecule has 1 saturated heterocycles. The normalized spacial score (nSPS) is 19.6. The Balaban J connectivity index is 2.09. The minimum atomic E-state index is -0.956. The fourth-order valence-electron chi connectivity index (χ4n) is 1.64. The van der Waals surface area contributed by atoms with Crippen LogP contribution in [0, 0.1) is 0 Å². The summed E-state index contributed by atoms with van der Waals surface area (Å²) in [4.78, 5) is 10.7. The molecule has 1 unspecified atom stereocenters. The van der Waals surface area contributed by atoms with Crippen LogP contribution in [-0.4, -0.2) is 34.5 Å². The second-order valence-electron chi connectivity index (χ2n) is 3.93. The van der Waals surface area contributed by atoms with E-state index in [1.807, 2.05) is 0 Å². The smallest absolute Gasteiger partial charge is 0.315 e. The van der Waals surface area contributed by atoms with Crippen LogP contribution < -0.4 is 0 Å². The van der Waals surface area contributed by atoms with Gasteiger partial charge in [-0.15, -0.1) is 10.2 Å². The van der Waals surface area contributed by atoms with Gasteiger partial charge in [0, 0.05) is 19.1 Å². The van der Waals surface area contributed by atoms with Crippen molar-refractivity contribution < 1.29 is 19.1 Å². The molecule has 1 aromatic heterocycles. The van der Waals surface area contributed by atoms with Crippen LogP contribution in [0.1, 0.15) is 43.4 Å². The maximum Gasteiger partial charge on any atom is 0.315 e. The summed E-state index contributed by atoms with van der Waals surface area (Å²) in [6.07, 6.45) is 1.70. The number of nitrogens with zero attached hydrogens (tertiary/aromatic N) is 2. The minimum Gasteiger partial charge on any atom is -0.481 e. The summed E-state index contributed by atoms with van der Waals surface area (Å²) in [5.41, 5.74) is 0. The highest BCUT2D eigenvalue weighted by atomic mass is 16.5. The van der Waals surface area contributed by atoms with Gasteiger partial charge < -0.3 is 14.3 Å². The van der Waals surface area contributed by atoms with Crippen molar-refractivity contribution in [3.63, 3.8) is 0 Å². The van der Waals surface area contributed by atoms with E-state index in [0.29, 0.717) is 19.1 Å². The summed E-state index contributed by atoms with van der Waals surface area (Å²) in [6.45, 7) is 2.91. The third-order valence-electron chi connectivity index (χ3n) is 2.77. The number of aliphatic carboxylic acids is 1. The molecule has 16 heavy (non-hydrogen) atoms. The van der Waals surface area contributed by atoms with E-state index in [-0.39, 0.29) is 11.8 Å². The molecule has 0 radical (unpaired) electrons. The van der Waals surface area contributed by atoms with Crippen LogP contribution in [0.5, 0.6) is 0 Å². The lowest BCUT2D eigenvalue weighted by Crippen LogP contribution is -2.14. The number of ether oxygens (including phenoxy) is 1. The van der Waals surface area contributed by atoms with E-state index in [0.717, 1.165) is 12.8 Å². The van der Waals surface area contributed by atoms with Crippen molar-refractivity contribution >= 4 is 5.97 Å². The summed E-state index contributed by atoms with van der Waals surface area (Å²) in [5, 5.41) is 16.5. The molecule has 0 amide bonds. The van der Waals surface area contributed by atoms with Gasteiger partial charge >= 0.3 is 5.97 Å². The zero-order chi connectivity index (χ0) is 11.5. The zero-order valence-electron chi connectivity index (χ0n) is 9.05. The molecule has 0 bridgehead atoms. The van der Waals surface area contributed by atoms with Gasteiger partial charge in [0.25, 0.3) is 0 Å². The molecule has 1 N–H and O–H groups in total. The van der Waals surface area contributed by atoms with Gasteiger partial charge in [-0.1, -0.05) is 0 Å². The summed E-state index contributed by atoms with van der Waals surface area (Å²) in [7, 11) is 0. The van der Waals surface area contributed by atoms with Crippen molar-refractivity contribution in [1.82, 2.24) is 10.2 Å². The first-order valence-electron chi connectivity index (χ1n) is 5.32. The van der Waals surface area contributed by atoms with Crippen molar-refractivity contribution in [1.29, 1.82) is 0 Å². The second kappa shape index (κ2) is 4.61. The molecule has 1 atom stereocenters. The Bertz CT molecular complexity index is 371. The van der Waals surface area contributed by atoms with Gasteiger partial charge in [0.2, 0.25) is 11.8 Å². The minimum absolute atomic E-state index is 0.175. The first kappa shape index (κ1) is 11.1. The van der Waals surface area contributed by atoms with E-state index >= 15 is 0 Å². The van der Waals surface area contributed by atoms with E-state index in [4.69, 9.17) is 14.3 Å². The van der Waals surface area contributed by atoms with E-state index < -0.39 is 11.9 Å². The average molecular weight is 226 g/mol. The second-order valence-corrected chi connectivity index (χ2v) is 3.93. The fourth-order valence-corrected chi connectivity index (χ4v) is 1.64. The van der Waals surface area contributed by atoms with Crippen molar-refractivity contribution in [3.05, 3.63) is 11.8 Å². The van der Waals surface area contributed by atoms with E-state index in [1.54, 1.807) is 0 Å². The van der Waals surface area contributed by atoms with Crippen LogP contribution in [0.2, 0.25) is 0 Å². The molecule has 1 aliphatic rings. The molecule has 0 aliphatic carbocycles. The Morgan fingerprint density at radius 2 is 2.12 bits per heavy atom. The van der Waals surface area contributed by atoms with Crippen molar-refractivity contribution in [2.24, 2.45) is 0 Å². The quantitative estimate of drug-likeness (QED) is 0.832. The highest BCUT2D eigenvalue weighted by molar-refractivity contribution is 5.73. The van der Waals surface area contributed by atoms with Gasteiger partial charge in [-0.2, -0.15) is 0 Å². The fraction of sp³-hybridized carbons (Fsp3) is 0.700. The molecule has 88 valence electrons. The molecule has 2 heterocycles. The van der Waals surface area contributed by atoms with Crippen LogP contribution in [0.15, 0.2) is 4.42 Å². The summed E-state index contributed by atoms with van der Waals surface area (Å²) in [6, 6.07) is 0. The zero-order valence-corrected chi connectivity index (χ0v) is 9.05. The van der Waals surface area contributed by atoms with E-state index in [1.165, 1.54) is 6.92 Å². The standard InChI is InChI=1S/C10H14N2O4/c1-6(10(13)14)8-11-12-9(16-8)7-2-4-15-5-3-7/h6-7H,2-5H2,1H3,(H,13,14). The lowest BCUT2D eigenvalue weighted by molar-refractivity contribution is -0.138. The largest absolute Gasteiger partial charge is 0.481 e. The molecule has 6 nitrogen and oxygen atoms in total. The summed E-state index contributed by atoms with van der Waals surface area (Å²) >= 11 is 0.